The highest BCUT2D eigenvalue weighted by Gasteiger charge is 2.34. The minimum Gasteiger partial charge on any atom is -0.381 e. The molecule has 1 saturated carbocycles. The first-order valence-electron chi connectivity index (χ1n) is 6.12. The van der Waals surface area contributed by atoms with Gasteiger partial charge in [0.25, 0.3) is 0 Å². The Balaban J connectivity index is 1.88. The van der Waals surface area contributed by atoms with Crippen molar-refractivity contribution in [2.75, 3.05) is 26.7 Å². The molecule has 1 saturated heterocycles. The first kappa shape index (κ1) is 11.4. The van der Waals surface area contributed by atoms with Gasteiger partial charge in [-0.1, -0.05) is 0 Å². The van der Waals surface area contributed by atoms with E-state index in [0.29, 0.717) is 6.10 Å². The number of piperazine rings is 1. The van der Waals surface area contributed by atoms with E-state index >= 15 is 0 Å². The van der Waals surface area contributed by atoms with Gasteiger partial charge < -0.3 is 10.1 Å². The van der Waals surface area contributed by atoms with Crippen LogP contribution < -0.4 is 5.32 Å². The quantitative estimate of drug-likeness (QED) is 0.745. The molecule has 0 aromatic carbocycles. The molecule has 2 fully saturated rings. The van der Waals surface area contributed by atoms with Crippen molar-refractivity contribution in [3.8, 4) is 0 Å². The summed E-state index contributed by atoms with van der Waals surface area (Å²) < 4.78 is 5.44. The standard InChI is InChI=1S/C12H24N2O/c1-12(2)9-14(7-6-13-12)10-4-5-11(8-10)15-3/h10-11,13H,4-9H2,1-3H3. The fraction of sp³-hybridized carbons (Fsp3) is 1.00. The Morgan fingerprint density at radius 3 is 2.73 bits per heavy atom. The van der Waals surface area contributed by atoms with Gasteiger partial charge in [0.1, 0.15) is 0 Å². The summed E-state index contributed by atoms with van der Waals surface area (Å²) in [5, 5.41) is 3.56. The van der Waals surface area contributed by atoms with Crippen LogP contribution in [0.1, 0.15) is 33.1 Å². The normalized spacial score (nSPS) is 37.0. The highest BCUT2D eigenvalue weighted by Crippen LogP contribution is 2.27. The maximum Gasteiger partial charge on any atom is 0.0586 e. The molecule has 15 heavy (non-hydrogen) atoms. The first-order chi connectivity index (χ1) is 7.11. The van der Waals surface area contributed by atoms with Gasteiger partial charge in [-0.25, -0.2) is 0 Å². The number of methoxy groups -OCH3 is 1. The summed E-state index contributed by atoms with van der Waals surface area (Å²) in [6.07, 6.45) is 4.29. The zero-order valence-corrected chi connectivity index (χ0v) is 10.3. The Labute approximate surface area is 93.2 Å². The first-order valence-corrected chi connectivity index (χ1v) is 6.12. The van der Waals surface area contributed by atoms with Crippen LogP contribution in [-0.4, -0.2) is 49.3 Å². The summed E-state index contributed by atoms with van der Waals surface area (Å²) in [6.45, 7) is 8.09. The van der Waals surface area contributed by atoms with Crippen molar-refractivity contribution in [3.63, 3.8) is 0 Å². The van der Waals surface area contributed by atoms with Gasteiger partial charge in [0.15, 0.2) is 0 Å². The molecule has 0 amide bonds. The van der Waals surface area contributed by atoms with Crippen LogP contribution in [0.3, 0.4) is 0 Å². The number of hydrogen-bond donors (Lipinski definition) is 1. The molecule has 1 N–H and O–H groups in total. The Bertz CT molecular complexity index is 218. The van der Waals surface area contributed by atoms with Crippen molar-refractivity contribution in [2.24, 2.45) is 0 Å². The van der Waals surface area contributed by atoms with E-state index in [1.165, 1.54) is 32.4 Å². The van der Waals surface area contributed by atoms with Crippen molar-refractivity contribution >= 4 is 0 Å². The molecule has 2 rings (SSSR count). The van der Waals surface area contributed by atoms with Gasteiger partial charge in [-0.05, 0) is 33.1 Å². The number of nitrogens with one attached hydrogen (secondary N) is 1. The third-order valence-corrected chi connectivity index (χ3v) is 3.81. The summed E-state index contributed by atoms with van der Waals surface area (Å²) in [5.41, 5.74) is 0.281. The van der Waals surface area contributed by atoms with E-state index < -0.39 is 0 Å². The molecule has 0 aromatic heterocycles. The summed E-state index contributed by atoms with van der Waals surface area (Å²) in [6, 6.07) is 0.760. The second kappa shape index (κ2) is 4.40. The van der Waals surface area contributed by atoms with E-state index in [9.17, 15) is 0 Å². The Morgan fingerprint density at radius 2 is 2.13 bits per heavy atom. The van der Waals surface area contributed by atoms with E-state index in [-0.39, 0.29) is 5.54 Å². The van der Waals surface area contributed by atoms with E-state index in [0.717, 1.165) is 12.6 Å². The largest absolute Gasteiger partial charge is 0.381 e. The van der Waals surface area contributed by atoms with Crippen LogP contribution in [0.25, 0.3) is 0 Å². The number of ether oxygens (including phenoxy) is 1. The van der Waals surface area contributed by atoms with Gasteiger partial charge in [-0.3, -0.25) is 4.90 Å². The Morgan fingerprint density at radius 1 is 1.33 bits per heavy atom. The van der Waals surface area contributed by atoms with Crippen molar-refractivity contribution in [3.05, 3.63) is 0 Å². The fourth-order valence-corrected chi connectivity index (χ4v) is 2.96. The highest BCUT2D eigenvalue weighted by atomic mass is 16.5. The topological polar surface area (TPSA) is 24.5 Å². The summed E-state index contributed by atoms with van der Waals surface area (Å²) in [4.78, 5) is 2.65. The van der Waals surface area contributed by atoms with Crippen LogP contribution in [0.15, 0.2) is 0 Å². The molecule has 2 unspecified atom stereocenters. The average molecular weight is 212 g/mol. The van der Waals surface area contributed by atoms with Crippen LogP contribution >= 0.6 is 0 Å². The predicted molar refractivity (Wildman–Crippen MR) is 62.1 cm³/mol. The molecule has 0 radical (unpaired) electrons. The zero-order valence-electron chi connectivity index (χ0n) is 10.3. The molecule has 88 valence electrons. The molecule has 0 aromatic rings. The summed E-state index contributed by atoms with van der Waals surface area (Å²) >= 11 is 0. The Hall–Kier alpha value is -0.120. The molecule has 3 nitrogen and oxygen atoms in total. The van der Waals surface area contributed by atoms with E-state index in [2.05, 4.69) is 24.1 Å². The predicted octanol–water partition coefficient (Wildman–Crippen LogP) is 1.24. The lowest BCUT2D eigenvalue weighted by Gasteiger charge is -2.42. The van der Waals surface area contributed by atoms with Gasteiger partial charge in [-0.15, -0.1) is 0 Å². The molecule has 3 heteroatoms. The van der Waals surface area contributed by atoms with Gasteiger partial charge in [0.2, 0.25) is 0 Å². The molecule has 0 bridgehead atoms. The molecule has 2 atom stereocenters. The lowest BCUT2D eigenvalue weighted by Crippen LogP contribution is -2.59. The van der Waals surface area contributed by atoms with E-state index in [1.807, 2.05) is 7.11 Å². The molecule has 1 aliphatic heterocycles. The Kier molecular flexibility index (Phi) is 3.33. The molecule has 1 aliphatic carbocycles. The van der Waals surface area contributed by atoms with Crippen LogP contribution in [0, 0.1) is 0 Å². The van der Waals surface area contributed by atoms with Gasteiger partial charge >= 0.3 is 0 Å². The SMILES string of the molecule is COC1CCC(N2CCNC(C)(C)C2)C1. The summed E-state index contributed by atoms with van der Waals surface area (Å²) in [5.74, 6) is 0. The maximum atomic E-state index is 5.44. The maximum absolute atomic E-state index is 5.44. The number of rotatable bonds is 2. The minimum atomic E-state index is 0.281. The second-order valence-electron chi connectivity index (χ2n) is 5.61. The van der Waals surface area contributed by atoms with Crippen LogP contribution in [-0.2, 0) is 4.74 Å². The molecule has 2 aliphatic rings. The monoisotopic (exact) mass is 212 g/mol. The lowest BCUT2D eigenvalue weighted by molar-refractivity contribution is 0.0791. The molecule has 0 spiro atoms. The highest BCUT2D eigenvalue weighted by molar-refractivity contribution is 4.92. The van der Waals surface area contributed by atoms with Crippen LogP contribution in [0.4, 0.5) is 0 Å². The molecule has 1 heterocycles. The number of nitrogens with zero attached hydrogens (tertiary/aromatic N) is 1. The van der Waals surface area contributed by atoms with Crippen LogP contribution in [0.2, 0.25) is 0 Å². The van der Waals surface area contributed by atoms with Crippen molar-refractivity contribution < 1.29 is 4.74 Å². The fourth-order valence-electron chi connectivity index (χ4n) is 2.96. The molecular weight excluding hydrogens is 188 g/mol. The van der Waals surface area contributed by atoms with Crippen molar-refractivity contribution in [1.82, 2.24) is 10.2 Å². The third kappa shape index (κ3) is 2.71. The average Bonchev–Trinajstić information content (AvgIpc) is 2.64. The van der Waals surface area contributed by atoms with Crippen molar-refractivity contribution in [1.29, 1.82) is 0 Å². The summed E-state index contributed by atoms with van der Waals surface area (Å²) in [7, 11) is 1.84. The molecular formula is C12H24N2O. The van der Waals surface area contributed by atoms with Gasteiger partial charge in [-0.2, -0.15) is 0 Å². The number of hydrogen-bond acceptors (Lipinski definition) is 3. The van der Waals surface area contributed by atoms with Gasteiger partial charge in [0.05, 0.1) is 6.10 Å². The third-order valence-electron chi connectivity index (χ3n) is 3.81. The van der Waals surface area contributed by atoms with Crippen LogP contribution in [0.5, 0.6) is 0 Å². The zero-order chi connectivity index (χ0) is 10.9. The van der Waals surface area contributed by atoms with Gasteiger partial charge in [0, 0.05) is 38.3 Å². The van der Waals surface area contributed by atoms with Crippen molar-refractivity contribution in [2.45, 2.75) is 50.8 Å². The van der Waals surface area contributed by atoms with E-state index in [4.69, 9.17) is 4.74 Å². The smallest absolute Gasteiger partial charge is 0.0586 e. The van der Waals surface area contributed by atoms with E-state index in [1.54, 1.807) is 0 Å². The lowest BCUT2D eigenvalue weighted by atomic mass is 10.0. The second-order valence-corrected chi connectivity index (χ2v) is 5.61. The minimum absolute atomic E-state index is 0.281.